The van der Waals surface area contributed by atoms with E-state index >= 15 is 0 Å². The molecular weight excluding hydrogens is 420 g/mol. The lowest BCUT2D eigenvalue weighted by molar-refractivity contribution is 0.0939. The van der Waals surface area contributed by atoms with Crippen molar-refractivity contribution in [2.45, 2.75) is 52.5 Å². The maximum absolute atomic E-state index is 13.0. The van der Waals surface area contributed by atoms with Crippen molar-refractivity contribution < 1.29 is 13.2 Å². The minimum atomic E-state index is -3.76. The minimum absolute atomic E-state index is 0.177. The number of hydrogen-bond donors (Lipinski definition) is 2. The molecule has 3 aromatic carbocycles. The lowest BCUT2D eigenvalue weighted by atomic mass is 9.96. The molecule has 5 nitrogen and oxygen atoms in total. The number of amides is 1. The van der Waals surface area contributed by atoms with Gasteiger partial charge in [0.15, 0.2) is 0 Å². The van der Waals surface area contributed by atoms with Gasteiger partial charge in [-0.15, -0.1) is 0 Å². The van der Waals surface area contributed by atoms with Crippen LogP contribution in [0.3, 0.4) is 0 Å². The standard InChI is InChI=1S/C26H30N2O3S/c1-16-10-12-22(13-11-16)32(30,31)28-25-9-7-8-23(20(25)5)26(29)27-21(6)24-15-18(3)17(2)14-19(24)4/h7-15,21,28H,1-6H3,(H,27,29)/t21-/m1/s1. The summed E-state index contributed by atoms with van der Waals surface area (Å²) in [6, 6.07) is 15.7. The molecule has 0 aromatic heterocycles. The second kappa shape index (κ2) is 9.17. The minimum Gasteiger partial charge on any atom is -0.345 e. The van der Waals surface area contributed by atoms with Gasteiger partial charge in [-0.25, -0.2) is 8.42 Å². The van der Waals surface area contributed by atoms with Crippen LogP contribution in [0.4, 0.5) is 5.69 Å². The zero-order valence-electron chi connectivity index (χ0n) is 19.4. The van der Waals surface area contributed by atoms with Crippen LogP contribution in [0.5, 0.6) is 0 Å². The Labute approximate surface area is 190 Å². The number of sulfonamides is 1. The van der Waals surface area contributed by atoms with Crippen LogP contribution in [-0.4, -0.2) is 14.3 Å². The number of carbonyl (C=O) groups excluding carboxylic acids is 1. The van der Waals surface area contributed by atoms with E-state index < -0.39 is 10.0 Å². The van der Waals surface area contributed by atoms with E-state index in [4.69, 9.17) is 0 Å². The molecular formula is C26H30N2O3S. The molecule has 3 rings (SSSR count). The van der Waals surface area contributed by atoms with E-state index in [1.54, 1.807) is 49.4 Å². The normalized spacial score (nSPS) is 12.3. The summed E-state index contributed by atoms with van der Waals surface area (Å²) in [4.78, 5) is 13.2. The molecule has 0 aliphatic carbocycles. The van der Waals surface area contributed by atoms with Gasteiger partial charge in [-0.05, 0) is 93.6 Å². The summed E-state index contributed by atoms with van der Waals surface area (Å²) in [6.45, 7) is 11.8. The van der Waals surface area contributed by atoms with E-state index in [1.165, 1.54) is 11.1 Å². The number of aryl methyl sites for hydroxylation is 4. The molecule has 168 valence electrons. The van der Waals surface area contributed by atoms with Gasteiger partial charge < -0.3 is 5.32 Å². The van der Waals surface area contributed by atoms with Crippen molar-refractivity contribution in [1.82, 2.24) is 5.32 Å². The second-order valence-electron chi connectivity index (χ2n) is 8.38. The smallest absolute Gasteiger partial charge is 0.261 e. The SMILES string of the molecule is Cc1ccc(S(=O)(=O)Nc2cccc(C(=O)N[C@H](C)c3cc(C)c(C)cc3C)c2C)cc1. The molecule has 0 unspecified atom stereocenters. The van der Waals surface area contributed by atoms with Crippen LogP contribution in [0, 0.1) is 34.6 Å². The molecule has 2 N–H and O–H groups in total. The summed E-state index contributed by atoms with van der Waals surface area (Å²) in [5, 5.41) is 3.05. The van der Waals surface area contributed by atoms with Gasteiger partial charge in [0.05, 0.1) is 16.6 Å². The van der Waals surface area contributed by atoms with E-state index in [9.17, 15) is 13.2 Å². The molecule has 1 amide bonds. The average molecular weight is 451 g/mol. The third-order valence-corrected chi connectivity index (χ3v) is 7.23. The van der Waals surface area contributed by atoms with Crippen LogP contribution in [0.25, 0.3) is 0 Å². The van der Waals surface area contributed by atoms with Crippen molar-refractivity contribution in [2.24, 2.45) is 0 Å². The van der Waals surface area contributed by atoms with Gasteiger partial charge in [0.1, 0.15) is 0 Å². The fourth-order valence-corrected chi connectivity index (χ4v) is 4.84. The Morgan fingerprint density at radius 1 is 0.844 bits per heavy atom. The van der Waals surface area contributed by atoms with Gasteiger partial charge in [0.2, 0.25) is 0 Å². The summed E-state index contributed by atoms with van der Waals surface area (Å²) < 4.78 is 28.2. The van der Waals surface area contributed by atoms with Crippen molar-refractivity contribution in [1.29, 1.82) is 0 Å². The van der Waals surface area contributed by atoms with Gasteiger partial charge in [0.25, 0.3) is 15.9 Å². The van der Waals surface area contributed by atoms with Gasteiger partial charge in [0, 0.05) is 5.56 Å². The highest BCUT2D eigenvalue weighted by Gasteiger charge is 2.20. The van der Waals surface area contributed by atoms with Crippen LogP contribution in [0.1, 0.15) is 56.7 Å². The van der Waals surface area contributed by atoms with Gasteiger partial charge >= 0.3 is 0 Å². The molecule has 0 bridgehead atoms. The molecule has 0 heterocycles. The van der Waals surface area contributed by atoms with E-state index in [1.807, 2.05) is 20.8 Å². The molecule has 0 fully saturated rings. The molecule has 1 atom stereocenters. The van der Waals surface area contributed by atoms with Gasteiger partial charge in [-0.2, -0.15) is 0 Å². The Balaban J connectivity index is 1.84. The van der Waals surface area contributed by atoms with Crippen LogP contribution < -0.4 is 10.0 Å². The fourth-order valence-electron chi connectivity index (χ4n) is 3.71. The third kappa shape index (κ3) is 5.02. The number of anilines is 1. The number of rotatable bonds is 6. The van der Waals surface area contributed by atoms with Crippen LogP contribution in [-0.2, 0) is 10.0 Å². The first-order valence-electron chi connectivity index (χ1n) is 10.6. The lowest BCUT2D eigenvalue weighted by Crippen LogP contribution is -2.28. The topological polar surface area (TPSA) is 75.3 Å². The summed E-state index contributed by atoms with van der Waals surface area (Å²) in [6.07, 6.45) is 0. The Kier molecular flexibility index (Phi) is 6.74. The zero-order chi connectivity index (χ0) is 23.6. The van der Waals surface area contributed by atoms with Crippen molar-refractivity contribution in [3.63, 3.8) is 0 Å². The summed E-state index contributed by atoms with van der Waals surface area (Å²) in [7, 11) is -3.76. The molecule has 0 aliphatic rings. The molecule has 6 heteroatoms. The van der Waals surface area contributed by atoms with Crippen molar-refractivity contribution >= 4 is 21.6 Å². The average Bonchev–Trinajstić information content (AvgIpc) is 2.72. The summed E-state index contributed by atoms with van der Waals surface area (Å²) in [5.74, 6) is -0.246. The maximum atomic E-state index is 13.0. The molecule has 0 saturated heterocycles. The summed E-state index contributed by atoms with van der Waals surface area (Å²) in [5.41, 5.74) is 6.95. The van der Waals surface area contributed by atoms with Crippen LogP contribution >= 0.6 is 0 Å². The molecule has 32 heavy (non-hydrogen) atoms. The first kappa shape index (κ1) is 23.5. The highest BCUT2D eigenvalue weighted by molar-refractivity contribution is 7.92. The third-order valence-electron chi connectivity index (χ3n) is 5.85. The first-order chi connectivity index (χ1) is 15.0. The molecule has 3 aromatic rings. The van der Waals surface area contributed by atoms with Gasteiger partial charge in [-0.3, -0.25) is 9.52 Å². The molecule has 0 spiro atoms. The zero-order valence-corrected chi connectivity index (χ0v) is 20.2. The van der Waals surface area contributed by atoms with E-state index in [0.29, 0.717) is 16.8 Å². The van der Waals surface area contributed by atoms with Crippen molar-refractivity contribution in [3.8, 4) is 0 Å². The fraction of sp³-hybridized carbons (Fsp3) is 0.269. The van der Waals surface area contributed by atoms with Gasteiger partial charge in [-0.1, -0.05) is 35.9 Å². The monoisotopic (exact) mass is 450 g/mol. The van der Waals surface area contributed by atoms with E-state index in [-0.39, 0.29) is 16.8 Å². The Morgan fingerprint density at radius 3 is 2.12 bits per heavy atom. The molecule has 0 saturated carbocycles. The Bertz CT molecular complexity index is 1260. The number of hydrogen-bond acceptors (Lipinski definition) is 3. The quantitative estimate of drug-likeness (QED) is 0.519. The van der Waals surface area contributed by atoms with E-state index in [0.717, 1.165) is 16.7 Å². The highest BCUT2D eigenvalue weighted by atomic mass is 32.2. The first-order valence-corrected chi connectivity index (χ1v) is 12.1. The number of benzene rings is 3. The predicted octanol–water partition coefficient (Wildman–Crippen LogP) is 5.52. The maximum Gasteiger partial charge on any atom is 0.261 e. The Hall–Kier alpha value is -3.12. The van der Waals surface area contributed by atoms with Crippen molar-refractivity contribution in [2.75, 3.05) is 4.72 Å². The predicted molar refractivity (Wildman–Crippen MR) is 130 cm³/mol. The largest absolute Gasteiger partial charge is 0.345 e. The summed E-state index contributed by atoms with van der Waals surface area (Å²) >= 11 is 0. The van der Waals surface area contributed by atoms with Crippen LogP contribution in [0.15, 0.2) is 59.5 Å². The number of nitrogens with one attached hydrogen (secondary N) is 2. The molecule has 0 radical (unpaired) electrons. The second-order valence-corrected chi connectivity index (χ2v) is 10.1. The van der Waals surface area contributed by atoms with Crippen molar-refractivity contribution in [3.05, 3.63) is 93.5 Å². The lowest BCUT2D eigenvalue weighted by Gasteiger charge is -2.20. The van der Waals surface area contributed by atoms with E-state index in [2.05, 4.69) is 36.0 Å². The molecule has 0 aliphatic heterocycles. The highest BCUT2D eigenvalue weighted by Crippen LogP contribution is 2.25. The van der Waals surface area contributed by atoms with Crippen LogP contribution in [0.2, 0.25) is 0 Å². The number of carbonyl (C=O) groups is 1. The Morgan fingerprint density at radius 2 is 1.47 bits per heavy atom.